The lowest BCUT2D eigenvalue weighted by Gasteiger charge is -2.25. The van der Waals surface area contributed by atoms with Gasteiger partial charge in [0.05, 0.1) is 4.90 Å². The van der Waals surface area contributed by atoms with Gasteiger partial charge in [-0.25, -0.2) is 13.6 Å². The Labute approximate surface area is 160 Å². The van der Waals surface area contributed by atoms with Crippen molar-refractivity contribution in [3.63, 3.8) is 0 Å². The monoisotopic (exact) mass is 393 g/mol. The number of hydrogen-bond donors (Lipinski definition) is 3. The summed E-state index contributed by atoms with van der Waals surface area (Å²) < 4.78 is 22.5. The fraction of sp³-hybridized carbons (Fsp3) is 0.579. The average Bonchev–Trinajstić information content (AvgIpc) is 3.44. The fourth-order valence-electron chi connectivity index (χ4n) is 3.59. The summed E-state index contributed by atoms with van der Waals surface area (Å²) in [4.78, 5) is 25.1. The summed E-state index contributed by atoms with van der Waals surface area (Å²) in [7, 11) is -3.70. The molecule has 0 heterocycles. The van der Waals surface area contributed by atoms with Crippen LogP contribution < -0.4 is 15.8 Å². The van der Waals surface area contributed by atoms with E-state index in [1.165, 1.54) is 18.6 Å². The molecule has 2 fully saturated rings. The highest BCUT2D eigenvalue weighted by atomic mass is 32.2. The number of amides is 2. The third-order valence-corrected chi connectivity index (χ3v) is 6.44. The van der Waals surface area contributed by atoms with E-state index in [1.54, 1.807) is 12.1 Å². The van der Waals surface area contributed by atoms with Gasteiger partial charge in [0.2, 0.25) is 21.8 Å². The van der Waals surface area contributed by atoms with Crippen LogP contribution in [0.25, 0.3) is 0 Å². The summed E-state index contributed by atoms with van der Waals surface area (Å²) in [5.41, 5.74) is -0.00576. The Hall–Kier alpha value is -1.93. The van der Waals surface area contributed by atoms with Gasteiger partial charge < -0.3 is 10.6 Å². The number of primary sulfonamides is 1. The van der Waals surface area contributed by atoms with Gasteiger partial charge in [-0.2, -0.15) is 0 Å². The van der Waals surface area contributed by atoms with Crippen molar-refractivity contribution in [3.8, 4) is 0 Å². The van der Waals surface area contributed by atoms with Crippen LogP contribution in [0.4, 0.5) is 0 Å². The molecule has 0 unspecified atom stereocenters. The van der Waals surface area contributed by atoms with Gasteiger partial charge in [-0.3, -0.25) is 9.59 Å². The predicted molar refractivity (Wildman–Crippen MR) is 101 cm³/mol. The van der Waals surface area contributed by atoms with Gasteiger partial charge in [-0.05, 0) is 49.8 Å². The molecule has 2 aliphatic carbocycles. The van der Waals surface area contributed by atoms with Gasteiger partial charge >= 0.3 is 0 Å². The van der Waals surface area contributed by atoms with E-state index < -0.39 is 15.4 Å². The number of nitrogens with one attached hydrogen (secondary N) is 2. The molecule has 148 valence electrons. The Morgan fingerprint density at radius 1 is 1.04 bits per heavy atom. The Morgan fingerprint density at radius 2 is 1.67 bits per heavy atom. The summed E-state index contributed by atoms with van der Waals surface area (Å²) in [6, 6.07) is 6.45. The number of sulfonamides is 1. The zero-order valence-corrected chi connectivity index (χ0v) is 16.2. The average molecular weight is 394 g/mol. The molecule has 1 aromatic carbocycles. The van der Waals surface area contributed by atoms with Crippen LogP contribution in [-0.2, 0) is 26.0 Å². The zero-order chi connectivity index (χ0) is 19.5. The van der Waals surface area contributed by atoms with Crippen molar-refractivity contribution in [1.82, 2.24) is 10.6 Å². The highest BCUT2D eigenvalue weighted by Gasteiger charge is 2.56. The molecule has 1 aromatic rings. The summed E-state index contributed by atoms with van der Waals surface area (Å²) >= 11 is 0. The Kier molecular flexibility index (Phi) is 5.86. The van der Waals surface area contributed by atoms with Crippen LogP contribution in [0.1, 0.15) is 50.5 Å². The van der Waals surface area contributed by atoms with E-state index in [9.17, 15) is 18.0 Å². The van der Waals surface area contributed by atoms with Crippen LogP contribution in [0.15, 0.2) is 29.2 Å². The maximum absolute atomic E-state index is 12.6. The number of hydrogen-bond acceptors (Lipinski definition) is 4. The molecule has 0 aliphatic heterocycles. The predicted octanol–water partition coefficient (Wildman–Crippen LogP) is 1.22. The van der Waals surface area contributed by atoms with Gasteiger partial charge in [0.1, 0.15) is 5.41 Å². The van der Waals surface area contributed by atoms with Gasteiger partial charge in [0, 0.05) is 12.6 Å². The molecule has 4 N–H and O–H groups in total. The minimum absolute atomic E-state index is 0.0617. The SMILES string of the molecule is NS(=O)(=O)c1ccc(CCNC(=O)C2(C(=O)NC3CCCCC3)CC2)cc1. The van der Waals surface area contributed by atoms with Crippen LogP contribution in [-0.4, -0.2) is 32.8 Å². The van der Waals surface area contributed by atoms with Gasteiger partial charge in [-0.15, -0.1) is 0 Å². The fourth-order valence-corrected chi connectivity index (χ4v) is 4.10. The lowest BCUT2D eigenvalue weighted by molar-refractivity contribution is -0.137. The number of benzene rings is 1. The van der Waals surface area contributed by atoms with Crippen LogP contribution in [0.2, 0.25) is 0 Å². The maximum atomic E-state index is 12.6. The van der Waals surface area contributed by atoms with Gasteiger partial charge in [0.25, 0.3) is 0 Å². The minimum Gasteiger partial charge on any atom is -0.355 e. The van der Waals surface area contributed by atoms with Crippen molar-refractivity contribution in [2.75, 3.05) is 6.54 Å². The molecule has 2 saturated carbocycles. The highest BCUT2D eigenvalue weighted by Crippen LogP contribution is 2.46. The molecule has 0 atom stereocenters. The van der Waals surface area contributed by atoms with Crippen molar-refractivity contribution in [2.24, 2.45) is 10.6 Å². The number of carbonyl (C=O) groups is 2. The Balaban J connectivity index is 1.48. The lowest BCUT2D eigenvalue weighted by atomic mass is 9.94. The third-order valence-electron chi connectivity index (χ3n) is 5.51. The quantitative estimate of drug-likeness (QED) is 0.604. The molecular formula is C19H27N3O4S. The molecule has 2 aliphatic rings. The molecule has 3 rings (SSSR count). The number of carbonyl (C=O) groups excluding carboxylic acids is 2. The second-order valence-electron chi connectivity index (χ2n) is 7.59. The molecular weight excluding hydrogens is 366 g/mol. The van der Waals surface area contributed by atoms with E-state index in [2.05, 4.69) is 10.6 Å². The van der Waals surface area contributed by atoms with Crippen LogP contribution in [0, 0.1) is 5.41 Å². The summed E-state index contributed by atoms with van der Waals surface area (Å²) in [6.07, 6.45) is 7.23. The summed E-state index contributed by atoms with van der Waals surface area (Å²) in [5, 5.41) is 11.0. The Morgan fingerprint density at radius 3 is 2.22 bits per heavy atom. The molecule has 0 saturated heterocycles. The highest BCUT2D eigenvalue weighted by molar-refractivity contribution is 7.89. The molecule has 8 heteroatoms. The molecule has 0 aromatic heterocycles. The zero-order valence-electron chi connectivity index (χ0n) is 15.4. The molecule has 7 nitrogen and oxygen atoms in total. The lowest BCUT2D eigenvalue weighted by Crippen LogP contribution is -2.47. The van der Waals surface area contributed by atoms with Crippen molar-refractivity contribution in [2.45, 2.75) is 62.3 Å². The van der Waals surface area contributed by atoms with Gasteiger partial charge in [-0.1, -0.05) is 31.4 Å². The van der Waals surface area contributed by atoms with E-state index in [0.717, 1.165) is 31.2 Å². The second-order valence-corrected chi connectivity index (χ2v) is 9.15. The van der Waals surface area contributed by atoms with E-state index in [0.29, 0.717) is 25.8 Å². The smallest absolute Gasteiger partial charge is 0.238 e. The first-order valence-corrected chi connectivity index (χ1v) is 11.1. The van der Waals surface area contributed by atoms with E-state index in [-0.39, 0.29) is 22.8 Å². The maximum Gasteiger partial charge on any atom is 0.238 e. The van der Waals surface area contributed by atoms with Crippen molar-refractivity contribution < 1.29 is 18.0 Å². The van der Waals surface area contributed by atoms with Crippen LogP contribution in [0.3, 0.4) is 0 Å². The number of rotatable bonds is 7. The molecule has 2 amide bonds. The minimum atomic E-state index is -3.70. The van der Waals surface area contributed by atoms with Crippen molar-refractivity contribution in [3.05, 3.63) is 29.8 Å². The molecule has 27 heavy (non-hydrogen) atoms. The van der Waals surface area contributed by atoms with Gasteiger partial charge in [0.15, 0.2) is 0 Å². The van der Waals surface area contributed by atoms with E-state index in [1.807, 2.05) is 0 Å². The molecule has 0 bridgehead atoms. The molecule has 0 radical (unpaired) electrons. The Bertz CT molecular complexity index is 795. The number of nitrogens with two attached hydrogens (primary N) is 1. The standard InChI is InChI=1S/C19H27N3O4S/c20-27(25,26)16-8-6-14(7-9-16)10-13-21-17(23)19(11-12-19)18(24)22-15-4-2-1-3-5-15/h6-9,15H,1-5,10-13H2,(H,21,23)(H,22,24)(H2,20,25,26). The summed E-state index contributed by atoms with van der Waals surface area (Å²) in [6.45, 7) is 0.395. The van der Waals surface area contributed by atoms with E-state index in [4.69, 9.17) is 5.14 Å². The largest absolute Gasteiger partial charge is 0.355 e. The van der Waals surface area contributed by atoms with Crippen molar-refractivity contribution in [1.29, 1.82) is 0 Å². The first-order chi connectivity index (χ1) is 12.8. The van der Waals surface area contributed by atoms with Crippen LogP contribution >= 0.6 is 0 Å². The normalized spacial score (nSPS) is 19.3. The molecule has 0 spiro atoms. The van der Waals surface area contributed by atoms with Crippen molar-refractivity contribution >= 4 is 21.8 Å². The first-order valence-electron chi connectivity index (χ1n) is 9.52. The second kappa shape index (κ2) is 7.98. The van der Waals surface area contributed by atoms with E-state index >= 15 is 0 Å². The third kappa shape index (κ3) is 4.87. The summed E-state index contributed by atoms with van der Waals surface area (Å²) in [5.74, 6) is -0.346. The topological polar surface area (TPSA) is 118 Å². The first kappa shape index (κ1) is 19.8. The van der Waals surface area contributed by atoms with Crippen LogP contribution in [0.5, 0.6) is 0 Å².